The van der Waals surface area contributed by atoms with Crippen LogP contribution in [0.3, 0.4) is 0 Å². The SMILES string of the molecule is CC/C=C\C/C=C\C/C=C\C/C=C\C/C=C\CCCC(=O)NCCCCCNC(=O)c1ccc(CCN2CCCC2)nc1. The van der Waals surface area contributed by atoms with Gasteiger partial charge in [-0.15, -0.1) is 0 Å². The lowest BCUT2D eigenvalue weighted by Gasteiger charge is -2.13. The van der Waals surface area contributed by atoms with Gasteiger partial charge in [-0.3, -0.25) is 14.6 Å². The molecule has 2 rings (SSSR count). The number of hydrogen-bond donors (Lipinski definition) is 2. The van der Waals surface area contributed by atoms with E-state index in [0.29, 0.717) is 25.1 Å². The van der Waals surface area contributed by atoms with E-state index in [1.807, 2.05) is 12.1 Å². The Labute approximate surface area is 261 Å². The molecule has 1 fully saturated rings. The van der Waals surface area contributed by atoms with E-state index in [0.717, 1.165) is 82.9 Å². The lowest BCUT2D eigenvalue weighted by Crippen LogP contribution is -2.26. The third-order valence-electron chi connectivity index (χ3n) is 7.36. The number of likely N-dealkylation sites (tertiary alicyclic amines) is 1. The van der Waals surface area contributed by atoms with Gasteiger partial charge >= 0.3 is 0 Å². The number of carbonyl (C=O) groups is 2. The fourth-order valence-corrected chi connectivity index (χ4v) is 4.78. The van der Waals surface area contributed by atoms with Crippen LogP contribution in [0, 0.1) is 0 Å². The summed E-state index contributed by atoms with van der Waals surface area (Å²) in [5, 5.41) is 5.99. The Morgan fingerprint density at radius 1 is 0.767 bits per heavy atom. The third-order valence-corrected chi connectivity index (χ3v) is 7.36. The molecule has 0 aromatic carbocycles. The average Bonchev–Trinajstić information content (AvgIpc) is 3.55. The zero-order valence-corrected chi connectivity index (χ0v) is 26.7. The fourth-order valence-electron chi connectivity index (χ4n) is 4.78. The van der Waals surface area contributed by atoms with Crippen molar-refractivity contribution in [1.82, 2.24) is 20.5 Å². The number of nitrogens with zero attached hydrogens (tertiary/aromatic N) is 2. The summed E-state index contributed by atoms with van der Waals surface area (Å²) in [4.78, 5) is 31.4. The smallest absolute Gasteiger partial charge is 0.252 e. The van der Waals surface area contributed by atoms with Crippen LogP contribution in [0.1, 0.15) is 106 Å². The van der Waals surface area contributed by atoms with E-state index in [1.54, 1.807) is 6.20 Å². The van der Waals surface area contributed by atoms with E-state index in [4.69, 9.17) is 0 Å². The largest absolute Gasteiger partial charge is 0.356 e. The number of allylic oxidation sites excluding steroid dienone is 10. The molecule has 1 saturated heterocycles. The molecule has 236 valence electrons. The Bertz CT molecular complexity index is 1020. The van der Waals surface area contributed by atoms with Gasteiger partial charge in [0.15, 0.2) is 0 Å². The number of unbranched alkanes of at least 4 members (excludes halogenated alkanes) is 3. The van der Waals surface area contributed by atoms with Gasteiger partial charge in [0.25, 0.3) is 5.91 Å². The number of pyridine rings is 1. The minimum absolute atomic E-state index is 0.0700. The van der Waals surface area contributed by atoms with Gasteiger partial charge in [-0.2, -0.15) is 0 Å². The molecular formula is C37H56N4O2. The van der Waals surface area contributed by atoms with E-state index in [9.17, 15) is 9.59 Å². The normalized spacial score (nSPS) is 14.3. The molecule has 0 radical (unpaired) electrons. The Morgan fingerprint density at radius 3 is 1.98 bits per heavy atom. The summed E-state index contributed by atoms with van der Waals surface area (Å²) in [6.07, 6.45) is 37.4. The summed E-state index contributed by atoms with van der Waals surface area (Å²) < 4.78 is 0. The van der Waals surface area contributed by atoms with Gasteiger partial charge in [0.1, 0.15) is 0 Å². The molecule has 6 heteroatoms. The molecule has 0 unspecified atom stereocenters. The van der Waals surface area contributed by atoms with Crippen molar-refractivity contribution < 1.29 is 9.59 Å². The van der Waals surface area contributed by atoms with Crippen molar-refractivity contribution in [3.8, 4) is 0 Å². The topological polar surface area (TPSA) is 74.3 Å². The molecule has 0 bridgehead atoms. The van der Waals surface area contributed by atoms with Crippen molar-refractivity contribution in [1.29, 1.82) is 0 Å². The predicted octanol–water partition coefficient (Wildman–Crippen LogP) is 7.66. The van der Waals surface area contributed by atoms with E-state index < -0.39 is 0 Å². The molecule has 0 atom stereocenters. The minimum Gasteiger partial charge on any atom is -0.356 e. The van der Waals surface area contributed by atoms with Crippen molar-refractivity contribution in [2.24, 2.45) is 0 Å². The number of rotatable bonds is 23. The number of carbonyl (C=O) groups excluding carboxylic acids is 2. The highest BCUT2D eigenvalue weighted by Gasteiger charge is 2.11. The van der Waals surface area contributed by atoms with Crippen LogP contribution in [0.15, 0.2) is 79.1 Å². The quantitative estimate of drug-likeness (QED) is 0.102. The molecule has 6 nitrogen and oxygen atoms in total. The van der Waals surface area contributed by atoms with Gasteiger partial charge in [0.05, 0.1) is 5.56 Å². The standard InChI is InChI=1S/C37H56N4O2/c1-2-3-4-5-6-7-8-9-10-11-12-13-14-15-16-17-19-24-36(42)38-28-20-18-21-29-39-37(43)34-25-26-35(40-33-34)27-32-41-30-22-23-31-41/h3-4,6-7,9-10,12-13,15-16,25-26,33H,2,5,8,11,14,17-24,27-32H2,1H3,(H,38,42)(H,39,43)/b4-3-,7-6-,10-9-,13-12-,16-15-. The third kappa shape index (κ3) is 19.5. The maximum absolute atomic E-state index is 12.4. The maximum atomic E-state index is 12.4. The highest BCUT2D eigenvalue weighted by molar-refractivity contribution is 5.93. The van der Waals surface area contributed by atoms with E-state index in [-0.39, 0.29) is 11.8 Å². The first kappa shape index (κ1) is 35.9. The first-order chi connectivity index (χ1) is 21.2. The molecule has 0 aliphatic carbocycles. The van der Waals surface area contributed by atoms with Crippen LogP contribution in [0.5, 0.6) is 0 Å². The molecule has 2 amide bonds. The Morgan fingerprint density at radius 2 is 1.37 bits per heavy atom. The number of amides is 2. The lowest BCUT2D eigenvalue weighted by atomic mass is 10.2. The van der Waals surface area contributed by atoms with Crippen LogP contribution in [-0.2, 0) is 11.2 Å². The molecule has 1 aromatic rings. The molecule has 1 aromatic heterocycles. The summed E-state index contributed by atoms with van der Waals surface area (Å²) in [5.41, 5.74) is 1.65. The minimum atomic E-state index is -0.0700. The molecule has 0 saturated carbocycles. The summed E-state index contributed by atoms with van der Waals surface area (Å²) in [6.45, 7) is 6.91. The van der Waals surface area contributed by atoms with Crippen molar-refractivity contribution in [2.45, 2.75) is 96.8 Å². The summed E-state index contributed by atoms with van der Waals surface area (Å²) >= 11 is 0. The summed E-state index contributed by atoms with van der Waals surface area (Å²) in [7, 11) is 0. The fraction of sp³-hybridized carbons (Fsp3) is 0.541. The molecule has 43 heavy (non-hydrogen) atoms. The van der Waals surface area contributed by atoms with Crippen LogP contribution >= 0.6 is 0 Å². The van der Waals surface area contributed by atoms with Gasteiger partial charge in [0, 0.05) is 44.4 Å². The van der Waals surface area contributed by atoms with Crippen LogP contribution in [0.25, 0.3) is 0 Å². The average molecular weight is 589 g/mol. The monoisotopic (exact) mass is 588 g/mol. The van der Waals surface area contributed by atoms with Gasteiger partial charge in [-0.1, -0.05) is 67.7 Å². The zero-order valence-electron chi connectivity index (χ0n) is 26.7. The predicted molar refractivity (Wildman–Crippen MR) is 181 cm³/mol. The number of hydrogen-bond acceptors (Lipinski definition) is 4. The highest BCUT2D eigenvalue weighted by atomic mass is 16.2. The molecule has 2 N–H and O–H groups in total. The first-order valence-electron chi connectivity index (χ1n) is 16.7. The zero-order chi connectivity index (χ0) is 30.6. The van der Waals surface area contributed by atoms with Crippen LogP contribution in [-0.4, -0.2) is 54.4 Å². The van der Waals surface area contributed by atoms with Gasteiger partial charge in [-0.25, -0.2) is 0 Å². The van der Waals surface area contributed by atoms with E-state index >= 15 is 0 Å². The van der Waals surface area contributed by atoms with Crippen LogP contribution < -0.4 is 10.6 Å². The summed E-state index contributed by atoms with van der Waals surface area (Å²) in [6, 6.07) is 3.84. The molecule has 1 aliphatic heterocycles. The van der Waals surface area contributed by atoms with E-state index in [2.05, 4.69) is 88.2 Å². The second-order valence-electron chi connectivity index (χ2n) is 11.1. The second kappa shape index (κ2) is 25.3. The Hall–Kier alpha value is -3.25. The second-order valence-corrected chi connectivity index (χ2v) is 11.1. The number of nitrogens with one attached hydrogen (secondary N) is 2. The summed E-state index contributed by atoms with van der Waals surface area (Å²) in [5.74, 6) is 0.0523. The first-order valence-corrected chi connectivity index (χ1v) is 16.7. The molecular weight excluding hydrogens is 532 g/mol. The van der Waals surface area contributed by atoms with Crippen molar-refractivity contribution in [2.75, 3.05) is 32.7 Å². The van der Waals surface area contributed by atoms with Crippen LogP contribution in [0.4, 0.5) is 0 Å². The lowest BCUT2D eigenvalue weighted by molar-refractivity contribution is -0.121. The van der Waals surface area contributed by atoms with Crippen molar-refractivity contribution in [3.63, 3.8) is 0 Å². The van der Waals surface area contributed by atoms with Crippen molar-refractivity contribution >= 4 is 11.8 Å². The van der Waals surface area contributed by atoms with Gasteiger partial charge < -0.3 is 15.5 Å². The molecule has 2 heterocycles. The Balaban J connectivity index is 1.37. The highest BCUT2D eigenvalue weighted by Crippen LogP contribution is 2.09. The molecule has 0 spiro atoms. The number of aromatic nitrogens is 1. The van der Waals surface area contributed by atoms with E-state index in [1.165, 1.54) is 25.9 Å². The van der Waals surface area contributed by atoms with Gasteiger partial charge in [-0.05, 0) is 102 Å². The van der Waals surface area contributed by atoms with Crippen molar-refractivity contribution in [3.05, 3.63) is 90.3 Å². The van der Waals surface area contributed by atoms with Crippen LogP contribution in [0.2, 0.25) is 0 Å². The Kier molecular flexibility index (Phi) is 21.1. The molecule has 1 aliphatic rings. The van der Waals surface area contributed by atoms with Gasteiger partial charge in [0.2, 0.25) is 5.91 Å². The maximum Gasteiger partial charge on any atom is 0.252 e.